The second-order valence-corrected chi connectivity index (χ2v) is 6.22. The summed E-state index contributed by atoms with van der Waals surface area (Å²) in [5.74, 6) is 2.31. The zero-order valence-corrected chi connectivity index (χ0v) is 12.1. The number of aromatic amines is 1. The van der Waals surface area contributed by atoms with Gasteiger partial charge in [0.05, 0.1) is 0 Å². The molecule has 0 unspecified atom stereocenters. The van der Waals surface area contributed by atoms with E-state index in [1.165, 1.54) is 11.1 Å². The number of nitrogens with two attached hydrogens (primary N) is 1. The molecule has 1 aliphatic carbocycles. The van der Waals surface area contributed by atoms with Crippen molar-refractivity contribution in [3.63, 3.8) is 0 Å². The molecular weight excluding hydrogens is 262 g/mol. The predicted molar refractivity (Wildman–Crippen MR) is 82.4 cm³/mol. The van der Waals surface area contributed by atoms with E-state index < -0.39 is 0 Å². The normalized spacial score (nSPS) is 20.0. The average Bonchev–Trinajstić information content (AvgIpc) is 3.14. The zero-order valence-electron chi connectivity index (χ0n) is 12.1. The van der Waals surface area contributed by atoms with Crippen molar-refractivity contribution in [1.29, 1.82) is 0 Å². The van der Waals surface area contributed by atoms with Gasteiger partial charge in [0.25, 0.3) is 0 Å². The number of anilines is 1. The molecule has 1 aliphatic heterocycles. The third-order valence-electron chi connectivity index (χ3n) is 4.75. The molecule has 4 rings (SSSR count). The lowest BCUT2D eigenvalue weighted by molar-refractivity contribution is 0.496. The van der Waals surface area contributed by atoms with Crippen molar-refractivity contribution in [1.82, 2.24) is 15.2 Å². The van der Waals surface area contributed by atoms with E-state index in [0.717, 1.165) is 50.5 Å². The molecule has 110 valence electrons. The van der Waals surface area contributed by atoms with Crippen LogP contribution >= 0.6 is 0 Å². The van der Waals surface area contributed by atoms with E-state index in [0.29, 0.717) is 12.0 Å². The highest BCUT2D eigenvalue weighted by Gasteiger charge is 2.26. The van der Waals surface area contributed by atoms with E-state index in [-0.39, 0.29) is 0 Å². The lowest BCUT2D eigenvalue weighted by Crippen LogP contribution is -2.40. The fraction of sp³-hybridized carbons (Fsp3) is 0.500. The summed E-state index contributed by atoms with van der Waals surface area (Å²) in [6, 6.07) is 9.01. The van der Waals surface area contributed by atoms with Crippen molar-refractivity contribution in [2.45, 2.75) is 37.6 Å². The van der Waals surface area contributed by atoms with Crippen molar-refractivity contribution in [2.75, 3.05) is 18.0 Å². The van der Waals surface area contributed by atoms with Gasteiger partial charge >= 0.3 is 0 Å². The molecular formula is C16H21N5. The summed E-state index contributed by atoms with van der Waals surface area (Å²) in [5.41, 5.74) is 8.85. The van der Waals surface area contributed by atoms with Crippen LogP contribution in [0.3, 0.4) is 0 Å². The van der Waals surface area contributed by atoms with E-state index in [9.17, 15) is 0 Å². The van der Waals surface area contributed by atoms with Crippen LogP contribution in [0.5, 0.6) is 0 Å². The van der Waals surface area contributed by atoms with Crippen LogP contribution in [0.1, 0.15) is 35.7 Å². The highest BCUT2D eigenvalue weighted by molar-refractivity contribution is 5.36. The Labute approximate surface area is 124 Å². The fourth-order valence-electron chi connectivity index (χ4n) is 3.44. The van der Waals surface area contributed by atoms with Crippen molar-refractivity contribution < 1.29 is 0 Å². The predicted octanol–water partition coefficient (Wildman–Crippen LogP) is 1.61. The lowest BCUT2D eigenvalue weighted by atomic mass is 10.1. The molecule has 1 fully saturated rings. The van der Waals surface area contributed by atoms with Gasteiger partial charge in [-0.25, -0.2) is 0 Å². The third-order valence-corrected chi connectivity index (χ3v) is 4.75. The first-order chi connectivity index (χ1) is 10.3. The lowest BCUT2D eigenvalue weighted by Gasteiger charge is -2.28. The first-order valence-electron chi connectivity index (χ1n) is 7.79. The standard InChI is InChI=1S/C16H21N5/c17-14-5-7-21(8-6-14)16-18-15(19-20-16)13-9-11-3-1-2-4-12(11)10-13/h1-4,13-14H,5-10,17H2,(H,18,19,20). The molecule has 3 N–H and O–H groups in total. The van der Waals surface area contributed by atoms with Gasteiger partial charge in [-0.3, -0.25) is 5.10 Å². The zero-order chi connectivity index (χ0) is 14.2. The third kappa shape index (κ3) is 2.42. The van der Waals surface area contributed by atoms with Gasteiger partial charge in [-0.1, -0.05) is 24.3 Å². The summed E-state index contributed by atoms with van der Waals surface area (Å²) < 4.78 is 0. The molecule has 1 saturated heterocycles. The molecule has 0 spiro atoms. The summed E-state index contributed by atoms with van der Waals surface area (Å²) in [6.07, 6.45) is 4.18. The largest absolute Gasteiger partial charge is 0.339 e. The minimum Gasteiger partial charge on any atom is -0.339 e. The Kier molecular flexibility index (Phi) is 3.15. The Morgan fingerprint density at radius 2 is 1.76 bits per heavy atom. The molecule has 2 aliphatic rings. The van der Waals surface area contributed by atoms with E-state index >= 15 is 0 Å². The number of fused-ring (bicyclic) bond motifs is 1. The van der Waals surface area contributed by atoms with Crippen LogP contribution in [0.15, 0.2) is 24.3 Å². The summed E-state index contributed by atoms with van der Waals surface area (Å²) in [7, 11) is 0. The second kappa shape index (κ2) is 5.15. The maximum atomic E-state index is 5.95. The molecule has 0 radical (unpaired) electrons. The molecule has 2 aromatic rings. The Bertz CT molecular complexity index is 602. The monoisotopic (exact) mass is 283 g/mol. The van der Waals surface area contributed by atoms with Crippen LogP contribution in [0.2, 0.25) is 0 Å². The van der Waals surface area contributed by atoms with Crippen molar-refractivity contribution in [2.24, 2.45) is 5.73 Å². The highest BCUT2D eigenvalue weighted by atomic mass is 15.4. The Balaban J connectivity index is 1.49. The maximum absolute atomic E-state index is 5.95. The average molecular weight is 283 g/mol. The fourth-order valence-corrected chi connectivity index (χ4v) is 3.44. The van der Waals surface area contributed by atoms with Crippen molar-refractivity contribution >= 4 is 5.95 Å². The molecule has 1 aromatic heterocycles. The van der Waals surface area contributed by atoms with Crippen LogP contribution < -0.4 is 10.6 Å². The molecule has 0 amide bonds. The number of nitrogens with one attached hydrogen (secondary N) is 1. The number of rotatable bonds is 2. The summed E-state index contributed by atoms with van der Waals surface area (Å²) in [5, 5.41) is 7.58. The number of piperidine rings is 1. The summed E-state index contributed by atoms with van der Waals surface area (Å²) in [4.78, 5) is 6.98. The second-order valence-electron chi connectivity index (χ2n) is 6.22. The molecule has 5 nitrogen and oxygen atoms in total. The van der Waals surface area contributed by atoms with Crippen LogP contribution in [-0.4, -0.2) is 34.3 Å². The van der Waals surface area contributed by atoms with Crippen LogP contribution in [0.25, 0.3) is 0 Å². The van der Waals surface area contributed by atoms with Crippen molar-refractivity contribution in [3.05, 3.63) is 41.2 Å². The molecule has 0 atom stereocenters. The Morgan fingerprint density at radius 3 is 2.43 bits per heavy atom. The van der Waals surface area contributed by atoms with E-state index in [1.54, 1.807) is 0 Å². The van der Waals surface area contributed by atoms with Gasteiger partial charge < -0.3 is 10.6 Å². The van der Waals surface area contributed by atoms with Crippen LogP contribution in [0, 0.1) is 0 Å². The number of nitrogens with zero attached hydrogens (tertiary/aromatic N) is 3. The molecule has 0 bridgehead atoms. The van der Waals surface area contributed by atoms with Gasteiger partial charge in [0.15, 0.2) is 0 Å². The number of H-pyrrole nitrogens is 1. The molecule has 5 heteroatoms. The van der Waals surface area contributed by atoms with E-state index in [4.69, 9.17) is 10.7 Å². The van der Waals surface area contributed by atoms with Crippen molar-refractivity contribution in [3.8, 4) is 0 Å². The summed E-state index contributed by atoms with van der Waals surface area (Å²) in [6.45, 7) is 1.92. The highest BCUT2D eigenvalue weighted by Crippen LogP contribution is 2.32. The van der Waals surface area contributed by atoms with Gasteiger partial charge in [0.2, 0.25) is 5.95 Å². The number of hydrogen-bond donors (Lipinski definition) is 2. The summed E-state index contributed by atoms with van der Waals surface area (Å²) >= 11 is 0. The van der Waals surface area contributed by atoms with E-state index in [1.807, 2.05) is 0 Å². The van der Waals surface area contributed by atoms with Gasteiger partial charge in [-0.2, -0.15) is 4.98 Å². The minimum atomic E-state index is 0.337. The number of hydrogen-bond acceptors (Lipinski definition) is 4. The molecule has 0 saturated carbocycles. The molecule has 2 heterocycles. The SMILES string of the molecule is NC1CCN(c2n[nH]c(C3Cc4ccccc4C3)n2)CC1. The first-order valence-corrected chi connectivity index (χ1v) is 7.79. The minimum absolute atomic E-state index is 0.337. The van der Waals surface area contributed by atoms with Crippen LogP contribution in [0.4, 0.5) is 5.95 Å². The van der Waals surface area contributed by atoms with Gasteiger partial charge in [0.1, 0.15) is 5.82 Å². The van der Waals surface area contributed by atoms with Gasteiger partial charge in [-0.15, -0.1) is 5.10 Å². The van der Waals surface area contributed by atoms with Gasteiger partial charge in [0, 0.05) is 25.0 Å². The topological polar surface area (TPSA) is 70.8 Å². The maximum Gasteiger partial charge on any atom is 0.244 e. The smallest absolute Gasteiger partial charge is 0.244 e. The molecule has 1 aromatic carbocycles. The quantitative estimate of drug-likeness (QED) is 0.878. The molecule has 21 heavy (non-hydrogen) atoms. The first kappa shape index (κ1) is 12.8. The van der Waals surface area contributed by atoms with Gasteiger partial charge in [-0.05, 0) is 36.8 Å². The van der Waals surface area contributed by atoms with Crippen LogP contribution in [-0.2, 0) is 12.8 Å². The van der Waals surface area contributed by atoms with E-state index in [2.05, 4.69) is 39.4 Å². The Morgan fingerprint density at radius 1 is 1.10 bits per heavy atom. The number of aromatic nitrogens is 3. The number of benzene rings is 1. The Hall–Kier alpha value is -1.88.